The van der Waals surface area contributed by atoms with Crippen LogP contribution < -0.4 is 19.5 Å². The molecule has 0 aliphatic heterocycles. The molecule has 0 radical (unpaired) electrons. The average Bonchev–Trinajstić information content (AvgIpc) is 2.87. The molecule has 0 fully saturated rings. The fourth-order valence-corrected chi connectivity index (χ4v) is 3.30. The highest BCUT2D eigenvalue weighted by molar-refractivity contribution is 6.04. The van der Waals surface area contributed by atoms with E-state index in [9.17, 15) is 14.9 Å². The van der Waals surface area contributed by atoms with Crippen LogP contribution in [0.2, 0.25) is 0 Å². The smallest absolute Gasteiger partial charge is 0.255 e. The molecule has 0 atom stereocenters. The third-order valence-electron chi connectivity index (χ3n) is 5.02. The average molecular weight is 475 g/mol. The molecule has 3 aromatic rings. The van der Waals surface area contributed by atoms with Gasteiger partial charge in [0.2, 0.25) is 6.20 Å². The van der Waals surface area contributed by atoms with Crippen molar-refractivity contribution in [2.75, 3.05) is 26.1 Å². The summed E-state index contributed by atoms with van der Waals surface area (Å²) in [6.45, 7) is 2.47. The van der Waals surface area contributed by atoms with Crippen molar-refractivity contribution < 1.29 is 23.9 Å². The van der Waals surface area contributed by atoms with E-state index in [4.69, 9.17) is 14.2 Å². The lowest BCUT2D eigenvalue weighted by molar-refractivity contribution is -0.400. The van der Waals surface area contributed by atoms with Gasteiger partial charge >= 0.3 is 0 Å². The first-order valence-electron chi connectivity index (χ1n) is 10.8. The zero-order valence-corrected chi connectivity index (χ0v) is 19.7. The van der Waals surface area contributed by atoms with Crippen molar-refractivity contribution in [3.63, 3.8) is 0 Å². The van der Waals surface area contributed by atoms with Gasteiger partial charge in [0.15, 0.2) is 0 Å². The highest BCUT2D eigenvalue weighted by atomic mass is 16.6. The number of rotatable bonds is 10. The number of methoxy groups -OCH3 is 2. The highest BCUT2D eigenvalue weighted by Gasteiger charge is 2.10. The summed E-state index contributed by atoms with van der Waals surface area (Å²) in [7, 11) is 3.03. The van der Waals surface area contributed by atoms with Crippen LogP contribution in [-0.4, -0.2) is 31.7 Å². The van der Waals surface area contributed by atoms with Crippen molar-refractivity contribution in [1.29, 1.82) is 0 Å². The van der Waals surface area contributed by atoms with Crippen LogP contribution in [0, 0.1) is 10.1 Å². The monoisotopic (exact) mass is 474 g/mol. The molecular weight excluding hydrogens is 448 g/mol. The molecule has 35 heavy (non-hydrogen) atoms. The summed E-state index contributed by atoms with van der Waals surface area (Å²) in [6, 6.07) is 17.7. The Hall–Kier alpha value is -4.59. The third-order valence-corrected chi connectivity index (χ3v) is 5.02. The molecule has 0 aliphatic rings. The summed E-state index contributed by atoms with van der Waals surface area (Å²) in [5, 5.41) is 13.7. The maximum atomic E-state index is 12.5. The number of benzene rings is 3. The van der Waals surface area contributed by atoms with Gasteiger partial charge in [0.25, 0.3) is 5.91 Å². The van der Waals surface area contributed by atoms with Crippen LogP contribution in [0.1, 0.15) is 34.0 Å². The lowest BCUT2D eigenvalue weighted by atomic mass is 10.0. The van der Waals surface area contributed by atoms with Crippen molar-refractivity contribution >= 4 is 29.8 Å². The van der Waals surface area contributed by atoms with E-state index in [1.165, 1.54) is 20.3 Å². The van der Waals surface area contributed by atoms with E-state index >= 15 is 0 Å². The Balaban J connectivity index is 1.76. The van der Waals surface area contributed by atoms with Gasteiger partial charge in [-0.2, -0.15) is 0 Å². The molecule has 8 nitrogen and oxygen atoms in total. The molecule has 1 N–H and O–H groups in total. The summed E-state index contributed by atoms with van der Waals surface area (Å²) >= 11 is 0. The predicted octanol–water partition coefficient (Wildman–Crippen LogP) is 5.77. The van der Waals surface area contributed by atoms with Crippen molar-refractivity contribution in [3.8, 4) is 17.2 Å². The first-order valence-corrected chi connectivity index (χ1v) is 10.8. The summed E-state index contributed by atoms with van der Waals surface area (Å²) in [4.78, 5) is 22.8. The Morgan fingerprint density at radius 2 is 1.66 bits per heavy atom. The van der Waals surface area contributed by atoms with Gasteiger partial charge in [-0.3, -0.25) is 14.9 Å². The number of ether oxygens (including phenoxy) is 3. The zero-order chi connectivity index (χ0) is 25.2. The summed E-state index contributed by atoms with van der Waals surface area (Å²) in [5.41, 5.74) is 3.29. The van der Waals surface area contributed by atoms with Crippen molar-refractivity contribution in [2.45, 2.75) is 6.92 Å². The number of hydrogen-bond donors (Lipinski definition) is 1. The molecule has 0 unspecified atom stereocenters. The fraction of sp³-hybridized carbons (Fsp3) is 0.148. The third kappa shape index (κ3) is 6.94. The van der Waals surface area contributed by atoms with Gasteiger partial charge in [-0.1, -0.05) is 24.3 Å². The van der Waals surface area contributed by atoms with E-state index in [0.29, 0.717) is 46.2 Å². The second kappa shape index (κ2) is 12.0. The normalized spacial score (nSPS) is 10.9. The van der Waals surface area contributed by atoms with Crippen LogP contribution in [-0.2, 0) is 0 Å². The summed E-state index contributed by atoms with van der Waals surface area (Å²) in [6.07, 6.45) is 5.93. The lowest BCUT2D eigenvalue weighted by Gasteiger charge is -2.11. The standard InChI is InChI=1S/C27H26N2O6/c1-4-35-23-13-9-20(10-14-23)27(30)28-22-11-6-19(7-12-22)5-8-21-17-24(33-2)18-26(34-3)25(21)15-16-29(31)32/h5-18H,4H2,1-3H3,(H,28,30)/b8-5+,16-15+. The van der Waals surface area contributed by atoms with Gasteiger partial charge in [0.05, 0.1) is 25.7 Å². The minimum Gasteiger partial charge on any atom is -0.497 e. The molecule has 8 heteroatoms. The van der Waals surface area contributed by atoms with Crippen molar-refractivity contribution in [1.82, 2.24) is 0 Å². The molecule has 0 bridgehead atoms. The second-order valence-corrected chi connectivity index (χ2v) is 7.30. The van der Waals surface area contributed by atoms with Gasteiger partial charge in [0.1, 0.15) is 17.2 Å². The molecule has 3 aromatic carbocycles. The molecule has 0 aliphatic carbocycles. The predicted molar refractivity (Wildman–Crippen MR) is 137 cm³/mol. The lowest BCUT2D eigenvalue weighted by Crippen LogP contribution is -2.11. The molecule has 180 valence electrons. The number of nitrogens with one attached hydrogen (secondary N) is 1. The van der Waals surface area contributed by atoms with Crippen LogP contribution >= 0.6 is 0 Å². The molecule has 3 rings (SSSR count). The number of anilines is 1. The SMILES string of the molecule is CCOc1ccc(C(=O)Nc2ccc(/C=C/c3cc(OC)cc(OC)c3/C=C/[N+](=O)[O-])cc2)cc1. The Morgan fingerprint density at radius 3 is 2.26 bits per heavy atom. The van der Waals surface area contributed by atoms with E-state index in [1.807, 2.05) is 31.2 Å². The largest absolute Gasteiger partial charge is 0.497 e. The van der Waals surface area contributed by atoms with Crippen LogP contribution in [0.3, 0.4) is 0 Å². The minimum absolute atomic E-state index is 0.220. The van der Waals surface area contributed by atoms with E-state index in [2.05, 4.69) is 5.32 Å². The molecule has 0 spiro atoms. The van der Waals surface area contributed by atoms with Crippen LogP contribution in [0.15, 0.2) is 66.9 Å². The quantitative estimate of drug-likeness (QED) is 0.227. The zero-order valence-electron chi connectivity index (χ0n) is 19.7. The van der Waals surface area contributed by atoms with Gasteiger partial charge < -0.3 is 19.5 Å². The van der Waals surface area contributed by atoms with E-state index in [-0.39, 0.29) is 5.91 Å². The van der Waals surface area contributed by atoms with E-state index < -0.39 is 4.92 Å². The second-order valence-electron chi connectivity index (χ2n) is 7.30. The van der Waals surface area contributed by atoms with Gasteiger partial charge in [-0.05, 0) is 60.5 Å². The number of nitrogens with zero attached hydrogens (tertiary/aromatic N) is 1. The highest BCUT2D eigenvalue weighted by Crippen LogP contribution is 2.31. The maximum Gasteiger partial charge on any atom is 0.255 e. The molecule has 0 saturated carbocycles. The first kappa shape index (κ1) is 25.0. The van der Waals surface area contributed by atoms with E-state index in [0.717, 1.165) is 11.8 Å². The van der Waals surface area contributed by atoms with E-state index in [1.54, 1.807) is 48.5 Å². The molecule has 1 amide bonds. The maximum absolute atomic E-state index is 12.5. The number of hydrogen-bond acceptors (Lipinski definition) is 6. The molecule has 0 heterocycles. The Labute approximate surface area is 203 Å². The van der Waals surface area contributed by atoms with Crippen molar-refractivity contribution in [3.05, 3.63) is 99.2 Å². The summed E-state index contributed by atoms with van der Waals surface area (Å²) in [5.74, 6) is 1.51. The van der Waals surface area contributed by atoms with Gasteiger partial charge in [-0.25, -0.2) is 0 Å². The van der Waals surface area contributed by atoms with Crippen molar-refractivity contribution in [2.24, 2.45) is 0 Å². The van der Waals surface area contributed by atoms with Crippen LogP contribution in [0.4, 0.5) is 5.69 Å². The fourth-order valence-electron chi connectivity index (χ4n) is 3.30. The number of nitro groups is 1. The van der Waals surface area contributed by atoms with Crippen LogP contribution in [0.5, 0.6) is 17.2 Å². The molecule has 0 saturated heterocycles. The van der Waals surface area contributed by atoms with Gasteiger partial charge in [0, 0.05) is 29.0 Å². The molecular formula is C27H26N2O6. The topological polar surface area (TPSA) is 99.9 Å². The number of amides is 1. The summed E-state index contributed by atoms with van der Waals surface area (Å²) < 4.78 is 16.1. The Morgan fingerprint density at radius 1 is 0.943 bits per heavy atom. The first-order chi connectivity index (χ1) is 16.9. The number of carbonyl (C=O) groups is 1. The minimum atomic E-state index is -0.530. The Kier molecular flexibility index (Phi) is 8.61. The van der Waals surface area contributed by atoms with Gasteiger partial charge in [-0.15, -0.1) is 0 Å². The Bertz CT molecular complexity index is 1230. The van der Waals surface area contributed by atoms with Crippen LogP contribution in [0.25, 0.3) is 18.2 Å². The molecule has 0 aromatic heterocycles. The number of carbonyl (C=O) groups excluding carboxylic acids is 1.